The summed E-state index contributed by atoms with van der Waals surface area (Å²) in [4.78, 5) is 53.3. The molecule has 0 bridgehead atoms. The first-order valence-corrected chi connectivity index (χ1v) is 12.1. The second kappa shape index (κ2) is 9.83. The first-order valence-electron chi connectivity index (χ1n) is 11.3. The average molecular weight is 494 g/mol. The van der Waals surface area contributed by atoms with Gasteiger partial charge in [0.05, 0.1) is 10.8 Å². The molecule has 2 saturated heterocycles. The second-order valence-electron chi connectivity index (χ2n) is 8.27. The Balaban J connectivity index is 1.15. The maximum atomic E-state index is 12.7. The molecule has 3 heterocycles. The van der Waals surface area contributed by atoms with Crippen LogP contribution in [0, 0.1) is 5.92 Å². The normalized spacial score (nSPS) is 20.6. The number of ether oxygens (including phenoxy) is 2. The molecule has 180 valence electrons. The molecule has 2 aromatic rings. The van der Waals surface area contributed by atoms with Gasteiger partial charge in [-0.1, -0.05) is 30.3 Å². The number of thioether (sulfide) groups is 1. The fraction of sp³-hybridized carbons (Fsp3) is 0.280. The Morgan fingerprint density at radius 1 is 1.06 bits per heavy atom. The van der Waals surface area contributed by atoms with Crippen molar-refractivity contribution in [2.24, 2.45) is 5.92 Å². The van der Waals surface area contributed by atoms with Crippen molar-refractivity contribution in [3.8, 4) is 11.5 Å². The van der Waals surface area contributed by atoms with Crippen molar-refractivity contribution in [1.29, 1.82) is 0 Å². The number of carbonyl (C=O) groups is 4. The number of fused-ring (bicyclic) bond motifs is 1. The molecule has 1 unspecified atom stereocenters. The average Bonchev–Trinajstić information content (AvgIpc) is 3.39. The van der Waals surface area contributed by atoms with E-state index in [-0.39, 0.29) is 49.0 Å². The number of rotatable bonds is 6. The van der Waals surface area contributed by atoms with Crippen molar-refractivity contribution >= 4 is 46.5 Å². The molecule has 10 heteroatoms. The van der Waals surface area contributed by atoms with Crippen LogP contribution in [0.3, 0.4) is 0 Å². The summed E-state index contributed by atoms with van der Waals surface area (Å²) in [5.41, 5.74) is 1.48. The van der Waals surface area contributed by atoms with Gasteiger partial charge >= 0.3 is 0 Å². The Morgan fingerprint density at radius 3 is 2.63 bits per heavy atom. The minimum absolute atomic E-state index is 0.0646. The molecule has 2 fully saturated rings. The molecule has 0 aromatic heterocycles. The quantitative estimate of drug-likeness (QED) is 0.617. The zero-order valence-electron chi connectivity index (χ0n) is 18.8. The molecule has 0 saturated carbocycles. The summed E-state index contributed by atoms with van der Waals surface area (Å²) in [6.07, 6.45) is 1.77. The van der Waals surface area contributed by atoms with Gasteiger partial charge in [-0.15, -0.1) is 0 Å². The minimum Gasteiger partial charge on any atom is -0.486 e. The van der Waals surface area contributed by atoms with Crippen molar-refractivity contribution in [3.63, 3.8) is 0 Å². The molecule has 2 aromatic carbocycles. The lowest BCUT2D eigenvalue weighted by Gasteiger charge is -2.22. The SMILES string of the molecule is O=C(NCCN1C(=O)SC(=Cc2ccccc2)C1=O)C1CC(=O)N(c2ccc3c(c2)OCCO3)C1. The number of amides is 4. The van der Waals surface area contributed by atoms with Gasteiger partial charge < -0.3 is 19.7 Å². The maximum Gasteiger partial charge on any atom is 0.293 e. The van der Waals surface area contributed by atoms with E-state index in [1.165, 1.54) is 0 Å². The molecule has 0 aliphatic carbocycles. The van der Waals surface area contributed by atoms with Crippen molar-refractivity contribution < 1.29 is 28.7 Å². The molecule has 0 spiro atoms. The molecule has 3 aliphatic heterocycles. The number of anilines is 1. The highest BCUT2D eigenvalue weighted by Crippen LogP contribution is 2.36. The standard InChI is InChI=1S/C25H23N3O6S/c29-22-13-17(15-28(22)18-6-7-19-20(14-18)34-11-10-33-19)23(30)26-8-9-27-24(31)21(35-25(27)32)12-16-4-2-1-3-5-16/h1-7,12,14,17H,8-11,13,15H2,(H,26,30). The van der Waals surface area contributed by atoms with E-state index in [4.69, 9.17) is 9.47 Å². The Labute approximate surface area is 206 Å². The van der Waals surface area contributed by atoms with E-state index in [0.29, 0.717) is 35.3 Å². The first kappa shape index (κ1) is 23.0. The van der Waals surface area contributed by atoms with E-state index in [1.54, 1.807) is 29.2 Å². The van der Waals surface area contributed by atoms with Crippen LogP contribution in [0.25, 0.3) is 6.08 Å². The van der Waals surface area contributed by atoms with Crippen molar-refractivity contribution in [1.82, 2.24) is 10.2 Å². The van der Waals surface area contributed by atoms with Gasteiger partial charge in [-0.05, 0) is 35.5 Å². The van der Waals surface area contributed by atoms with Gasteiger partial charge in [0, 0.05) is 37.8 Å². The predicted octanol–water partition coefficient (Wildman–Crippen LogP) is 2.66. The highest BCUT2D eigenvalue weighted by atomic mass is 32.2. The summed E-state index contributed by atoms with van der Waals surface area (Å²) in [6.45, 7) is 1.35. The number of benzene rings is 2. The fourth-order valence-corrected chi connectivity index (χ4v) is 5.03. The van der Waals surface area contributed by atoms with E-state index >= 15 is 0 Å². The van der Waals surface area contributed by atoms with E-state index in [1.807, 2.05) is 30.3 Å². The largest absolute Gasteiger partial charge is 0.486 e. The molecular formula is C25H23N3O6S. The highest BCUT2D eigenvalue weighted by Gasteiger charge is 2.37. The smallest absolute Gasteiger partial charge is 0.293 e. The van der Waals surface area contributed by atoms with Crippen LogP contribution in [-0.2, 0) is 14.4 Å². The second-order valence-corrected chi connectivity index (χ2v) is 9.26. The number of nitrogens with zero attached hydrogens (tertiary/aromatic N) is 2. The van der Waals surface area contributed by atoms with Crippen LogP contribution in [-0.4, -0.2) is 60.7 Å². The van der Waals surface area contributed by atoms with Gasteiger partial charge in [-0.2, -0.15) is 0 Å². The zero-order valence-corrected chi connectivity index (χ0v) is 19.6. The van der Waals surface area contributed by atoms with Crippen molar-refractivity contribution in [3.05, 3.63) is 59.0 Å². The van der Waals surface area contributed by atoms with Gasteiger partial charge in [0.25, 0.3) is 11.1 Å². The Hall–Kier alpha value is -3.79. The lowest BCUT2D eigenvalue weighted by Crippen LogP contribution is -2.40. The van der Waals surface area contributed by atoms with Crippen LogP contribution < -0.4 is 19.7 Å². The summed E-state index contributed by atoms with van der Waals surface area (Å²) in [6, 6.07) is 14.6. The topological polar surface area (TPSA) is 105 Å². The van der Waals surface area contributed by atoms with E-state index < -0.39 is 5.92 Å². The summed E-state index contributed by atoms with van der Waals surface area (Å²) >= 11 is 0.884. The minimum atomic E-state index is -0.524. The molecule has 1 atom stereocenters. The van der Waals surface area contributed by atoms with Gasteiger partial charge in [0.15, 0.2) is 11.5 Å². The zero-order chi connectivity index (χ0) is 24.4. The number of hydrogen-bond donors (Lipinski definition) is 1. The van der Waals surface area contributed by atoms with Crippen LogP contribution in [0.1, 0.15) is 12.0 Å². The molecule has 35 heavy (non-hydrogen) atoms. The van der Waals surface area contributed by atoms with Crippen molar-refractivity contribution in [2.75, 3.05) is 37.7 Å². The summed E-state index contributed by atoms with van der Waals surface area (Å²) in [5, 5.41) is 2.39. The number of imide groups is 1. The summed E-state index contributed by atoms with van der Waals surface area (Å²) < 4.78 is 11.1. The summed E-state index contributed by atoms with van der Waals surface area (Å²) in [7, 11) is 0. The fourth-order valence-electron chi connectivity index (χ4n) is 4.16. The third kappa shape index (κ3) is 4.88. The van der Waals surface area contributed by atoms with Gasteiger partial charge in [0.2, 0.25) is 11.8 Å². The Morgan fingerprint density at radius 2 is 1.83 bits per heavy atom. The molecule has 4 amide bonds. The van der Waals surface area contributed by atoms with E-state index in [2.05, 4.69) is 5.32 Å². The van der Waals surface area contributed by atoms with Crippen LogP contribution in [0.5, 0.6) is 11.5 Å². The van der Waals surface area contributed by atoms with Gasteiger partial charge in [0.1, 0.15) is 13.2 Å². The van der Waals surface area contributed by atoms with Crippen LogP contribution in [0.2, 0.25) is 0 Å². The summed E-state index contributed by atoms with van der Waals surface area (Å²) in [5.74, 6) is -0.133. The molecule has 9 nitrogen and oxygen atoms in total. The van der Waals surface area contributed by atoms with Crippen molar-refractivity contribution in [2.45, 2.75) is 6.42 Å². The molecule has 1 N–H and O–H groups in total. The molecule has 3 aliphatic rings. The number of carbonyl (C=O) groups excluding carboxylic acids is 4. The Bertz CT molecular complexity index is 1210. The number of nitrogens with one attached hydrogen (secondary N) is 1. The third-order valence-electron chi connectivity index (χ3n) is 5.94. The first-order chi connectivity index (χ1) is 17.0. The highest BCUT2D eigenvalue weighted by molar-refractivity contribution is 8.18. The van der Waals surface area contributed by atoms with E-state index in [0.717, 1.165) is 22.2 Å². The van der Waals surface area contributed by atoms with E-state index in [9.17, 15) is 19.2 Å². The predicted molar refractivity (Wildman–Crippen MR) is 130 cm³/mol. The van der Waals surface area contributed by atoms with Crippen LogP contribution in [0.4, 0.5) is 10.5 Å². The maximum absolute atomic E-state index is 12.7. The van der Waals surface area contributed by atoms with Crippen LogP contribution in [0.15, 0.2) is 53.4 Å². The molecule has 0 radical (unpaired) electrons. The Kier molecular flexibility index (Phi) is 6.45. The number of hydrogen-bond acceptors (Lipinski definition) is 7. The van der Waals surface area contributed by atoms with Crippen LogP contribution >= 0.6 is 11.8 Å². The van der Waals surface area contributed by atoms with Gasteiger partial charge in [-0.3, -0.25) is 24.1 Å². The van der Waals surface area contributed by atoms with Gasteiger partial charge in [-0.25, -0.2) is 0 Å². The lowest BCUT2D eigenvalue weighted by molar-refractivity contribution is -0.127. The lowest BCUT2D eigenvalue weighted by atomic mass is 10.1. The molecule has 5 rings (SSSR count). The molecular weight excluding hydrogens is 470 g/mol. The monoisotopic (exact) mass is 493 g/mol. The third-order valence-corrected chi connectivity index (χ3v) is 6.85.